The van der Waals surface area contributed by atoms with E-state index in [0.717, 1.165) is 6.54 Å². The molecule has 1 aliphatic heterocycles. The highest BCUT2D eigenvalue weighted by Crippen LogP contribution is 2.36. The maximum Gasteiger partial charge on any atom is 0.0330 e. The molecule has 1 saturated heterocycles. The van der Waals surface area contributed by atoms with Gasteiger partial charge in [0.15, 0.2) is 0 Å². The summed E-state index contributed by atoms with van der Waals surface area (Å²) < 4.78 is 0. The summed E-state index contributed by atoms with van der Waals surface area (Å²) in [5.74, 6) is 0. The van der Waals surface area contributed by atoms with Crippen molar-refractivity contribution in [3.05, 3.63) is 0 Å². The van der Waals surface area contributed by atoms with Crippen molar-refractivity contribution >= 4 is 0 Å². The highest BCUT2D eigenvalue weighted by Gasteiger charge is 2.39. The van der Waals surface area contributed by atoms with Crippen LogP contribution in [-0.2, 0) is 0 Å². The van der Waals surface area contributed by atoms with E-state index < -0.39 is 0 Å². The van der Waals surface area contributed by atoms with Crippen molar-refractivity contribution in [2.24, 2.45) is 0 Å². The van der Waals surface area contributed by atoms with Crippen LogP contribution in [0, 0.1) is 0 Å². The standard InChI is InChI=1S/C15H32N4/c1-17(2)15(6-4-7-15)14-18(3)12-13-19-10-5-8-16-9-11-19/h16H,4-14H2,1-3H3. The summed E-state index contributed by atoms with van der Waals surface area (Å²) in [5, 5.41) is 3.47. The van der Waals surface area contributed by atoms with E-state index in [0.29, 0.717) is 5.54 Å². The number of nitrogens with zero attached hydrogens (tertiary/aromatic N) is 3. The summed E-state index contributed by atoms with van der Waals surface area (Å²) in [4.78, 5) is 7.60. The van der Waals surface area contributed by atoms with Gasteiger partial charge in [0.1, 0.15) is 0 Å². The van der Waals surface area contributed by atoms with Crippen molar-refractivity contribution < 1.29 is 0 Å². The zero-order valence-corrected chi connectivity index (χ0v) is 13.1. The molecule has 1 N–H and O–H groups in total. The van der Waals surface area contributed by atoms with Crippen LogP contribution in [-0.4, -0.2) is 87.2 Å². The average molecular weight is 268 g/mol. The minimum absolute atomic E-state index is 0.467. The van der Waals surface area contributed by atoms with Gasteiger partial charge < -0.3 is 20.0 Å². The Bertz CT molecular complexity index is 255. The largest absolute Gasteiger partial charge is 0.315 e. The molecule has 2 fully saturated rings. The second-order valence-corrected chi connectivity index (χ2v) is 6.66. The first kappa shape index (κ1) is 15.2. The highest BCUT2D eigenvalue weighted by molar-refractivity contribution is 4.97. The summed E-state index contributed by atoms with van der Waals surface area (Å²) in [5.41, 5.74) is 0.467. The van der Waals surface area contributed by atoms with E-state index in [1.807, 2.05) is 0 Å². The number of nitrogens with one attached hydrogen (secondary N) is 1. The molecule has 4 heteroatoms. The lowest BCUT2D eigenvalue weighted by Gasteiger charge is -2.49. The van der Waals surface area contributed by atoms with E-state index in [1.54, 1.807) is 0 Å². The van der Waals surface area contributed by atoms with Gasteiger partial charge in [-0.25, -0.2) is 0 Å². The van der Waals surface area contributed by atoms with Crippen molar-refractivity contribution in [3.8, 4) is 0 Å². The molecule has 1 saturated carbocycles. The number of likely N-dealkylation sites (N-methyl/N-ethyl adjacent to an activating group) is 2. The lowest BCUT2D eigenvalue weighted by molar-refractivity contribution is 0.0257. The summed E-state index contributed by atoms with van der Waals surface area (Å²) in [7, 11) is 6.78. The third-order valence-electron chi connectivity index (χ3n) is 5.03. The number of rotatable bonds is 6. The second-order valence-electron chi connectivity index (χ2n) is 6.66. The van der Waals surface area contributed by atoms with E-state index in [2.05, 4.69) is 41.2 Å². The van der Waals surface area contributed by atoms with Crippen molar-refractivity contribution in [1.29, 1.82) is 0 Å². The molecule has 2 aliphatic rings. The monoisotopic (exact) mass is 268 g/mol. The predicted molar refractivity (Wildman–Crippen MR) is 81.7 cm³/mol. The molecule has 0 amide bonds. The van der Waals surface area contributed by atoms with Gasteiger partial charge in [-0.3, -0.25) is 0 Å². The Hall–Kier alpha value is -0.160. The Morgan fingerprint density at radius 2 is 1.84 bits per heavy atom. The van der Waals surface area contributed by atoms with Crippen molar-refractivity contribution in [2.45, 2.75) is 31.2 Å². The third kappa shape index (κ3) is 4.15. The van der Waals surface area contributed by atoms with E-state index in [-0.39, 0.29) is 0 Å². The number of hydrogen-bond acceptors (Lipinski definition) is 4. The van der Waals surface area contributed by atoms with Gasteiger partial charge >= 0.3 is 0 Å². The minimum atomic E-state index is 0.467. The van der Waals surface area contributed by atoms with E-state index >= 15 is 0 Å². The topological polar surface area (TPSA) is 21.8 Å². The second kappa shape index (κ2) is 7.02. The predicted octanol–water partition coefficient (Wildman–Crippen LogP) is 0.698. The molecule has 0 bridgehead atoms. The summed E-state index contributed by atoms with van der Waals surface area (Å²) in [6, 6.07) is 0. The van der Waals surface area contributed by atoms with Crippen LogP contribution in [0.15, 0.2) is 0 Å². The Labute approximate surface area is 119 Å². The molecule has 1 heterocycles. The summed E-state index contributed by atoms with van der Waals surface area (Å²) in [6.45, 7) is 8.48. The minimum Gasteiger partial charge on any atom is -0.315 e. The van der Waals surface area contributed by atoms with Crippen molar-refractivity contribution in [1.82, 2.24) is 20.0 Å². The molecule has 19 heavy (non-hydrogen) atoms. The van der Waals surface area contributed by atoms with Crippen LogP contribution >= 0.6 is 0 Å². The molecule has 4 nitrogen and oxygen atoms in total. The molecule has 112 valence electrons. The van der Waals surface area contributed by atoms with Gasteiger partial charge in [-0.15, -0.1) is 0 Å². The van der Waals surface area contributed by atoms with Crippen LogP contribution in [0.2, 0.25) is 0 Å². The maximum atomic E-state index is 3.47. The first-order valence-corrected chi connectivity index (χ1v) is 7.91. The molecule has 0 aromatic carbocycles. The Kier molecular flexibility index (Phi) is 5.63. The normalized spacial score (nSPS) is 24.5. The third-order valence-corrected chi connectivity index (χ3v) is 5.03. The van der Waals surface area contributed by atoms with E-state index in [4.69, 9.17) is 0 Å². The van der Waals surface area contributed by atoms with Crippen molar-refractivity contribution in [3.63, 3.8) is 0 Å². The van der Waals surface area contributed by atoms with Crippen LogP contribution in [0.1, 0.15) is 25.7 Å². The van der Waals surface area contributed by atoms with Gasteiger partial charge in [0.25, 0.3) is 0 Å². The maximum absolute atomic E-state index is 3.47. The fourth-order valence-electron chi connectivity index (χ4n) is 3.35. The molecule has 0 aromatic heterocycles. The smallest absolute Gasteiger partial charge is 0.0330 e. The first-order valence-electron chi connectivity index (χ1n) is 7.91. The Morgan fingerprint density at radius 3 is 2.47 bits per heavy atom. The van der Waals surface area contributed by atoms with E-state index in [1.165, 1.54) is 65.0 Å². The lowest BCUT2D eigenvalue weighted by atomic mass is 9.75. The molecule has 0 unspecified atom stereocenters. The summed E-state index contributed by atoms with van der Waals surface area (Å²) >= 11 is 0. The number of hydrogen-bond donors (Lipinski definition) is 1. The molecule has 0 aromatic rings. The van der Waals surface area contributed by atoms with E-state index in [9.17, 15) is 0 Å². The zero-order valence-electron chi connectivity index (χ0n) is 13.1. The SMILES string of the molecule is CN(CCN1CCCNCC1)CC1(N(C)C)CCC1. The van der Waals surface area contributed by atoms with Gasteiger partial charge in [0, 0.05) is 38.3 Å². The Morgan fingerprint density at radius 1 is 1.05 bits per heavy atom. The average Bonchev–Trinajstić information content (AvgIpc) is 2.59. The molecule has 1 aliphatic carbocycles. The fraction of sp³-hybridized carbons (Fsp3) is 1.00. The van der Waals surface area contributed by atoms with Crippen LogP contribution in [0.3, 0.4) is 0 Å². The molecular weight excluding hydrogens is 236 g/mol. The van der Waals surface area contributed by atoms with Gasteiger partial charge in [0.2, 0.25) is 0 Å². The highest BCUT2D eigenvalue weighted by atomic mass is 15.2. The molecule has 0 spiro atoms. The van der Waals surface area contributed by atoms with Gasteiger partial charge in [-0.05, 0) is 59.9 Å². The van der Waals surface area contributed by atoms with Gasteiger partial charge in [-0.2, -0.15) is 0 Å². The quantitative estimate of drug-likeness (QED) is 0.765. The van der Waals surface area contributed by atoms with Crippen LogP contribution in [0.25, 0.3) is 0 Å². The Balaban J connectivity index is 1.70. The lowest BCUT2D eigenvalue weighted by Crippen LogP contribution is -2.57. The zero-order chi connectivity index (χ0) is 13.7. The van der Waals surface area contributed by atoms with Crippen molar-refractivity contribution in [2.75, 3.05) is 67.0 Å². The van der Waals surface area contributed by atoms with Crippen LogP contribution < -0.4 is 5.32 Å². The first-order chi connectivity index (χ1) is 9.12. The van der Waals surface area contributed by atoms with Gasteiger partial charge in [-0.1, -0.05) is 0 Å². The van der Waals surface area contributed by atoms with Gasteiger partial charge in [0.05, 0.1) is 0 Å². The summed E-state index contributed by atoms with van der Waals surface area (Å²) in [6.07, 6.45) is 5.45. The molecule has 0 atom stereocenters. The fourth-order valence-corrected chi connectivity index (χ4v) is 3.35. The van der Waals surface area contributed by atoms with Crippen LogP contribution in [0.5, 0.6) is 0 Å². The molecular formula is C15H32N4. The van der Waals surface area contributed by atoms with Crippen LogP contribution in [0.4, 0.5) is 0 Å². The molecule has 0 radical (unpaired) electrons. The molecule has 2 rings (SSSR count).